The van der Waals surface area contributed by atoms with Crippen molar-refractivity contribution in [2.45, 2.75) is 25.0 Å². The molecule has 1 amide bonds. The highest BCUT2D eigenvalue weighted by Crippen LogP contribution is 2.17. The third-order valence-corrected chi connectivity index (χ3v) is 3.57. The molecule has 0 aromatic heterocycles. The molecule has 0 saturated carbocycles. The molecule has 2 nitrogen and oxygen atoms in total. The van der Waals surface area contributed by atoms with Crippen LogP contribution in [0.3, 0.4) is 0 Å². The van der Waals surface area contributed by atoms with E-state index in [-0.39, 0.29) is 5.91 Å². The Hall–Kier alpha value is -0.960. The summed E-state index contributed by atoms with van der Waals surface area (Å²) in [4.78, 5) is 14.0. The number of hydrogen-bond acceptors (Lipinski definition) is 2. The smallest absolute Gasteiger partial charge is 0.253 e. The molecule has 1 aromatic carbocycles. The van der Waals surface area contributed by atoms with E-state index in [4.69, 9.17) is 0 Å². The zero-order valence-corrected chi connectivity index (χ0v) is 10.4. The summed E-state index contributed by atoms with van der Waals surface area (Å²) in [6.07, 6.45) is 2.00. The molecule has 1 saturated heterocycles. The third-order valence-electron chi connectivity index (χ3n) is 3.05. The molecule has 0 atom stereocenters. The average molecular weight is 235 g/mol. The van der Waals surface area contributed by atoms with Crippen molar-refractivity contribution < 1.29 is 4.79 Å². The number of likely N-dealkylation sites (tertiary alicyclic amines) is 1. The highest BCUT2D eigenvalue weighted by atomic mass is 32.1. The molecule has 1 aliphatic heterocycles. The fourth-order valence-corrected chi connectivity index (χ4v) is 2.18. The molecule has 3 heteroatoms. The molecule has 0 spiro atoms. The van der Waals surface area contributed by atoms with E-state index >= 15 is 0 Å². The Labute approximate surface area is 102 Å². The van der Waals surface area contributed by atoms with Crippen LogP contribution in [0.1, 0.15) is 28.8 Å². The molecule has 1 heterocycles. The Morgan fingerprint density at radius 3 is 2.38 bits per heavy atom. The van der Waals surface area contributed by atoms with E-state index in [0.717, 1.165) is 31.5 Å². The first kappa shape index (κ1) is 11.5. The van der Waals surface area contributed by atoms with E-state index in [2.05, 4.69) is 12.6 Å². The summed E-state index contributed by atoms with van der Waals surface area (Å²) >= 11 is 4.43. The summed E-state index contributed by atoms with van der Waals surface area (Å²) in [5.41, 5.74) is 1.98. The summed E-state index contributed by atoms with van der Waals surface area (Å²) in [6.45, 7) is 3.70. The first-order valence-corrected chi connectivity index (χ1v) is 6.22. The van der Waals surface area contributed by atoms with Gasteiger partial charge in [-0.2, -0.15) is 12.6 Å². The lowest BCUT2D eigenvalue weighted by Gasteiger charge is -2.29. The fraction of sp³-hybridized carbons (Fsp3) is 0.462. The van der Waals surface area contributed by atoms with Crippen LogP contribution in [-0.4, -0.2) is 29.1 Å². The topological polar surface area (TPSA) is 20.3 Å². The van der Waals surface area contributed by atoms with Gasteiger partial charge in [0, 0.05) is 23.9 Å². The number of rotatable bonds is 1. The number of carbonyl (C=O) groups excluding carboxylic acids is 1. The highest BCUT2D eigenvalue weighted by molar-refractivity contribution is 7.80. The quantitative estimate of drug-likeness (QED) is 0.742. The van der Waals surface area contributed by atoms with Crippen LogP contribution in [-0.2, 0) is 0 Å². The predicted octanol–water partition coefficient (Wildman–Crippen LogP) is 2.53. The molecule has 1 aliphatic rings. The van der Waals surface area contributed by atoms with Crippen molar-refractivity contribution in [3.63, 3.8) is 0 Å². The molecule has 1 aromatic rings. The van der Waals surface area contributed by atoms with E-state index in [1.54, 1.807) is 0 Å². The van der Waals surface area contributed by atoms with Crippen molar-refractivity contribution in [3.8, 4) is 0 Å². The standard InChI is InChI=1S/C13H17NOS/c1-10-2-4-11(5-3-10)13(15)14-8-6-12(16)7-9-14/h2-5,12,16H,6-9H2,1H3. The largest absolute Gasteiger partial charge is 0.339 e. The summed E-state index contributed by atoms with van der Waals surface area (Å²) in [5, 5.41) is 0.460. The number of nitrogens with zero attached hydrogens (tertiary/aromatic N) is 1. The van der Waals surface area contributed by atoms with Gasteiger partial charge in [-0.1, -0.05) is 17.7 Å². The zero-order chi connectivity index (χ0) is 11.5. The van der Waals surface area contributed by atoms with Gasteiger partial charge in [0.15, 0.2) is 0 Å². The Morgan fingerprint density at radius 1 is 1.25 bits per heavy atom. The SMILES string of the molecule is Cc1ccc(C(=O)N2CCC(S)CC2)cc1. The third kappa shape index (κ3) is 2.59. The lowest BCUT2D eigenvalue weighted by molar-refractivity contribution is 0.0728. The van der Waals surface area contributed by atoms with Crippen LogP contribution in [0.15, 0.2) is 24.3 Å². The molecule has 0 N–H and O–H groups in total. The van der Waals surface area contributed by atoms with Gasteiger partial charge < -0.3 is 4.90 Å². The van der Waals surface area contributed by atoms with Crippen LogP contribution in [0.25, 0.3) is 0 Å². The summed E-state index contributed by atoms with van der Waals surface area (Å²) in [6, 6.07) is 7.78. The van der Waals surface area contributed by atoms with Crippen molar-refractivity contribution in [1.82, 2.24) is 4.90 Å². The van der Waals surface area contributed by atoms with Crippen molar-refractivity contribution in [2.75, 3.05) is 13.1 Å². The molecular weight excluding hydrogens is 218 g/mol. The Kier molecular flexibility index (Phi) is 3.54. The van der Waals surface area contributed by atoms with Crippen molar-refractivity contribution in [3.05, 3.63) is 35.4 Å². The van der Waals surface area contributed by atoms with E-state index in [9.17, 15) is 4.79 Å². The first-order valence-electron chi connectivity index (χ1n) is 5.71. The number of hydrogen-bond donors (Lipinski definition) is 1. The zero-order valence-electron chi connectivity index (χ0n) is 9.52. The van der Waals surface area contributed by atoms with Gasteiger partial charge in [-0.25, -0.2) is 0 Å². The van der Waals surface area contributed by atoms with Crippen LogP contribution in [0.5, 0.6) is 0 Å². The fourth-order valence-electron chi connectivity index (χ4n) is 1.95. The van der Waals surface area contributed by atoms with E-state index in [0.29, 0.717) is 5.25 Å². The lowest BCUT2D eigenvalue weighted by atomic mass is 10.1. The van der Waals surface area contributed by atoms with Crippen LogP contribution in [0.2, 0.25) is 0 Å². The van der Waals surface area contributed by atoms with Crippen LogP contribution in [0, 0.1) is 6.92 Å². The number of thiol groups is 1. The Balaban J connectivity index is 2.05. The molecular formula is C13H17NOS. The summed E-state index contributed by atoms with van der Waals surface area (Å²) in [5.74, 6) is 0.153. The minimum Gasteiger partial charge on any atom is -0.339 e. The average Bonchev–Trinajstić information content (AvgIpc) is 2.30. The van der Waals surface area contributed by atoms with E-state index in [1.165, 1.54) is 5.56 Å². The number of piperidine rings is 1. The van der Waals surface area contributed by atoms with Gasteiger partial charge >= 0.3 is 0 Å². The van der Waals surface area contributed by atoms with Crippen LogP contribution < -0.4 is 0 Å². The maximum atomic E-state index is 12.1. The molecule has 0 unspecified atom stereocenters. The monoisotopic (exact) mass is 235 g/mol. The molecule has 16 heavy (non-hydrogen) atoms. The normalized spacial score (nSPS) is 17.5. The number of benzene rings is 1. The van der Waals surface area contributed by atoms with E-state index < -0.39 is 0 Å². The van der Waals surface area contributed by atoms with Crippen LogP contribution >= 0.6 is 12.6 Å². The lowest BCUT2D eigenvalue weighted by Crippen LogP contribution is -2.38. The Morgan fingerprint density at radius 2 is 1.81 bits per heavy atom. The summed E-state index contributed by atoms with van der Waals surface area (Å²) < 4.78 is 0. The van der Waals surface area contributed by atoms with Gasteiger partial charge in [-0.05, 0) is 31.9 Å². The number of aryl methyl sites for hydroxylation is 1. The Bertz CT molecular complexity index is 366. The maximum Gasteiger partial charge on any atom is 0.253 e. The molecule has 2 rings (SSSR count). The van der Waals surface area contributed by atoms with Crippen LogP contribution in [0.4, 0.5) is 0 Å². The first-order chi connectivity index (χ1) is 7.66. The van der Waals surface area contributed by atoms with Gasteiger partial charge in [0.25, 0.3) is 5.91 Å². The van der Waals surface area contributed by atoms with Gasteiger partial charge in [-0.15, -0.1) is 0 Å². The summed E-state index contributed by atoms with van der Waals surface area (Å²) in [7, 11) is 0. The number of carbonyl (C=O) groups is 1. The van der Waals surface area contributed by atoms with Gasteiger partial charge in [0.1, 0.15) is 0 Å². The van der Waals surface area contributed by atoms with Gasteiger partial charge in [-0.3, -0.25) is 4.79 Å². The minimum absolute atomic E-state index is 0.153. The predicted molar refractivity (Wildman–Crippen MR) is 69.1 cm³/mol. The van der Waals surface area contributed by atoms with Gasteiger partial charge in [0.05, 0.1) is 0 Å². The molecule has 86 valence electrons. The molecule has 0 radical (unpaired) electrons. The number of amides is 1. The van der Waals surface area contributed by atoms with Gasteiger partial charge in [0.2, 0.25) is 0 Å². The molecule has 1 fully saturated rings. The van der Waals surface area contributed by atoms with Crippen molar-refractivity contribution in [1.29, 1.82) is 0 Å². The molecule has 0 aliphatic carbocycles. The van der Waals surface area contributed by atoms with Crippen molar-refractivity contribution >= 4 is 18.5 Å². The maximum absolute atomic E-state index is 12.1. The molecule has 0 bridgehead atoms. The van der Waals surface area contributed by atoms with E-state index in [1.807, 2.05) is 36.1 Å². The van der Waals surface area contributed by atoms with Crippen molar-refractivity contribution in [2.24, 2.45) is 0 Å². The second kappa shape index (κ2) is 4.91. The second-order valence-corrected chi connectivity index (χ2v) is 5.12. The second-order valence-electron chi connectivity index (χ2n) is 4.39. The minimum atomic E-state index is 0.153. The highest BCUT2D eigenvalue weighted by Gasteiger charge is 2.21.